The molecular formula is C21H23F3N4O4S. The van der Waals surface area contributed by atoms with Gasteiger partial charge in [-0.15, -0.1) is 13.2 Å². The molecule has 8 nitrogen and oxygen atoms in total. The number of amides is 1. The largest absolute Gasteiger partial charge is 0.573 e. The minimum Gasteiger partial charge on any atom is -0.406 e. The highest BCUT2D eigenvalue weighted by molar-refractivity contribution is 7.92. The van der Waals surface area contributed by atoms with Gasteiger partial charge in [-0.1, -0.05) is 6.07 Å². The average Bonchev–Trinajstić information content (AvgIpc) is 3.52. The van der Waals surface area contributed by atoms with E-state index in [4.69, 9.17) is 0 Å². The number of nitrogens with one attached hydrogen (secondary N) is 1. The van der Waals surface area contributed by atoms with Crippen LogP contribution in [0.3, 0.4) is 0 Å². The Labute approximate surface area is 189 Å². The smallest absolute Gasteiger partial charge is 0.406 e. The van der Waals surface area contributed by atoms with Gasteiger partial charge in [0.25, 0.3) is 5.91 Å². The number of benzene rings is 1. The Kier molecular flexibility index (Phi) is 5.03. The number of carbonyl (C=O) groups excluding carboxylic acids is 1. The summed E-state index contributed by atoms with van der Waals surface area (Å²) in [7, 11) is -2.95. The van der Waals surface area contributed by atoms with E-state index in [0.717, 1.165) is 18.4 Å². The lowest BCUT2D eigenvalue weighted by Gasteiger charge is -2.54. The molecule has 1 spiro atoms. The van der Waals surface area contributed by atoms with Crippen molar-refractivity contribution in [2.75, 3.05) is 29.9 Å². The van der Waals surface area contributed by atoms with Crippen molar-refractivity contribution in [1.29, 1.82) is 0 Å². The highest BCUT2D eigenvalue weighted by Crippen LogP contribution is 2.43. The summed E-state index contributed by atoms with van der Waals surface area (Å²) in [6.07, 6.45) is -0.136. The van der Waals surface area contributed by atoms with E-state index in [1.807, 2.05) is 6.07 Å². The van der Waals surface area contributed by atoms with Crippen molar-refractivity contribution in [3.63, 3.8) is 0 Å². The van der Waals surface area contributed by atoms with Gasteiger partial charge < -0.3 is 15.0 Å². The summed E-state index contributed by atoms with van der Waals surface area (Å²) in [6.45, 7) is 1.00. The van der Waals surface area contributed by atoms with Gasteiger partial charge in [0.05, 0.1) is 17.1 Å². The predicted molar refractivity (Wildman–Crippen MR) is 114 cm³/mol. The van der Waals surface area contributed by atoms with Crippen molar-refractivity contribution in [2.24, 2.45) is 5.41 Å². The van der Waals surface area contributed by atoms with Gasteiger partial charge >= 0.3 is 6.36 Å². The second-order valence-electron chi connectivity index (χ2n) is 9.07. The topological polar surface area (TPSA) is 101 Å². The van der Waals surface area contributed by atoms with Crippen LogP contribution in [-0.4, -0.2) is 60.2 Å². The Morgan fingerprint density at radius 3 is 2.42 bits per heavy atom. The molecule has 1 aromatic carbocycles. The molecule has 1 amide bonds. The van der Waals surface area contributed by atoms with Gasteiger partial charge in [0.15, 0.2) is 9.84 Å². The van der Waals surface area contributed by atoms with Crippen LogP contribution in [-0.2, 0) is 16.4 Å². The first-order valence-electron chi connectivity index (χ1n) is 10.4. The van der Waals surface area contributed by atoms with E-state index in [-0.39, 0.29) is 54.0 Å². The standard InChI is InChI=1S/C21H21F3N4O4S.H2/c22-21(23,24)32-17-4-13(3-15(5-17)14-1-2-14)6-25-19-26-7-16(8-27-19)18(29)28-9-20(10-28)11-33(30,31)12-20;/h3-5,7-8,14H,1-2,6,9-12H2,(H,25,26,27);1H. The molecule has 3 fully saturated rings. The maximum Gasteiger partial charge on any atom is 0.573 e. The number of sulfone groups is 1. The quantitative estimate of drug-likeness (QED) is 0.673. The molecule has 0 atom stereocenters. The number of anilines is 1. The fraction of sp³-hybridized carbons (Fsp3) is 0.476. The van der Waals surface area contributed by atoms with E-state index in [2.05, 4.69) is 20.0 Å². The van der Waals surface area contributed by atoms with Crippen LogP contribution < -0.4 is 10.1 Å². The summed E-state index contributed by atoms with van der Waals surface area (Å²) in [4.78, 5) is 22.4. The third-order valence-electron chi connectivity index (χ3n) is 6.01. The Morgan fingerprint density at radius 1 is 1.18 bits per heavy atom. The Hall–Kier alpha value is -2.89. The van der Waals surface area contributed by atoms with Crippen LogP contribution in [0.5, 0.6) is 5.75 Å². The number of nitrogens with zero attached hydrogens (tertiary/aromatic N) is 3. The molecule has 3 heterocycles. The predicted octanol–water partition coefficient (Wildman–Crippen LogP) is 2.98. The number of hydrogen-bond donors (Lipinski definition) is 1. The third-order valence-corrected chi connectivity index (χ3v) is 8.12. The molecule has 0 bridgehead atoms. The van der Waals surface area contributed by atoms with Crippen molar-refractivity contribution in [3.8, 4) is 5.75 Å². The van der Waals surface area contributed by atoms with E-state index < -0.39 is 16.2 Å². The van der Waals surface area contributed by atoms with Gasteiger partial charge in [-0.05, 0) is 42.0 Å². The number of alkyl halides is 3. The van der Waals surface area contributed by atoms with Crippen LogP contribution >= 0.6 is 0 Å². The minimum atomic E-state index is -4.76. The zero-order valence-corrected chi connectivity index (χ0v) is 18.2. The van der Waals surface area contributed by atoms with E-state index in [9.17, 15) is 26.4 Å². The summed E-state index contributed by atoms with van der Waals surface area (Å²) in [5, 5.41) is 2.95. The van der Waals surface area contributed by atoms with E-state index >= 15 is 0 Å². The molecule has 1 N–H and O–H groups in total. The lowest BCUT2D eigenvalue weighted by molar-refractivity contribution is -0.274. The molecule has 5 rings (SSSR count). The van der Waals surface area contributed by atoms with Gasteiger partial charge in [-0.2, -0.15) is 0 Å². The Bertz CT molecular complexity index is 1180. The molecule has 1 aliphatic carbocycles. The van der Waals surface area contributed by atoms with Crippen LogP contribution in [0.1, 0.15) is 41.7 Å². The van der Waals surface area contributed by atoms with Crippen LogP contribution in [0.2, 0.25) is 0 Å². The highest BCUT2D eigenvalue weighted by atomic mass is 32.2. The van der Waals surface area contributed by atoms with Gasteiger partial charge in [0.2, 0.25) is 5.95 Å². The number of aromatic nitrogens is 2. The first-order valence-corrected chi connectivity index (χ1v) is 12.3. The second kappa shape index (κ2) is 7.57. The third kappa shape index (κ3) is 4.90. The summed E-state index contributed by atoms with van der Waals surface area (Å²) in [5.41, 5.74) is 1.40. The Balaban J connectivity index is 0.00000274. The maximum atomic E-state index is 12.6. The monoisotopic (exact) mass is 484 g/mol. The normalized spacial score (nSPS) is 20.6. The number of hydrogen-bond acceptors (Lipinski definition) is 7. The van der Waals surface area contributed by atoms with Gasteiger partial charge in [-0.3, -0.25) is 4.79 Å². The molecule has 0 radical (unpaired) electrons. The number of likely N-dealkylation sites (tertiary alicyclic amines) is 1. The summed E-state index contributed by atoms with van der Waals surface area (Å²) in [5.74, 6) is 0.219. The molecule has 2 aromatic rings. The molecule has 178 valence electrons. The molecular weight excluding hydrogens is 461 g/mol. The molecule has 3 aliphatic rings. The molecule has 1 saturated carbocycles. The van der Waals surface area contributed by atoms with Gasteiger partial charge in [-0.25, -0.2) is 18.4 Å². The van der Waals surface area contributed by atoms with Crippen LogP contribution in [0, 0.1) is 5.41 Å². The van der Waals surface area contributed by atoms with Gasteiger partial charge in [0, 0.05) is 38.9 Å². The number of halogens is 3. The summed E-state index contributed by atoms with van der Waals surface area (Å²) >= 11 is 0. The highest BCUT2D eigenvalue weighted by Gasteiger charge is 2.57. The minimum absolute atomic E-state index is 0. The fourth-order valence-corrected chi connectivity index (χ4v) is 6.65. The fourth-order valence-electron chi connectivity index (χ4n) is 4.51. The number of ether oxygens (including phenoxy) is 1. The van der Waals surface area contributed by atoms with E-state index in [0.29, 0.717) is 18.7 Å². The number of rotatable bonds is 6. The SMILES string of the molecule is O=C(c1cnc(NCc2cc(OC(F)(F)F)cc(C3CC3)c2)nc1)N1CC2(C1)CS(=O)(=O)C2.[HH]. The average molecular weight is 485 g/mol. The first-order chi connectivity index (χ1) is 15.5. The number of carbonyl (C=O) groups is 1. The Morgan fingerprint density at radius 2 is 1.85 bits per heavy atom. The summed E-state index contributed by atoms with van der Waals surface area (Å²) < 4.78 is 64.8. The second-order valence-corrected chi connectivity index (χ2v) is 11.1. The van der Waals surface area contributed by atoms with Crippen molar-refractivity contribution < 1.29 is 32.5 Å². The van der Waals surface area contributed by atoms with Crippen molar-refractivity contribution in [1.82, 2.24) is 14.9 Å². The van der Waals surface area contributed by atoms with Crippen LogP contribution in [0.4, 0.5) is 19.1 Å². The molecule has 0 unspecified atom stereocenters. The van der Waals surface area contributed by atoms with Crippen molar-refractivity contribution in [3.05, 3.63) is 47.3 Å². The van der Waals surface area contributed by atoms with Crippen molar-refractivity contribution >= 4 is 21.7 Å². The van der Waals surface area contributed by atoms with E-state index in [1.165, 1.54) is 24.5 Å². The zero-order chi connectivity index (χ0) is 23.4. The lowest BCUT2D eigenvalue weighted by atomic mass is 9.82. The van der Waals surface area contributed by atoms with E-state index in [1.54, 1.807) is 4.90 Å². The molecule has 1 aromatic heterocycles. The molecule has 33 heavy (non-hydrogen) atoms. The summed E-state index contributed by atoms with van der Waals surface area (Å²) in [6, 6.07) is 4.58. The van der Waals surface area contributed by atoms with Crippen LogP contribution in [0.15, 0.2) is 30.6 Å². The zero-order valence-electron chi connectivity index (χ0n) is 17.4. The van der Waals surface area contributed by atoms with Crippen LogP contribution in [0.25, 0.3) is 0 Å². The van der Waals surface area contributed by atoms with Crippen molar-refractivity contribution in [2.45, 2.75) is 31.7 Å². The lowest BCUT2D eigenvalue weighted by Crippen LogP contribution is -2.69. The molecule has 12 heteroatoms. The van der Waals surface area contributed by atoms with Gasteiger partial charge in [0.1, 0.15) is 5.75 Å². The maximum absolute atomic E-state index is 12.6. The molecule has 2 saturated heterocycles. The first kappa shape index (κ1) is 21.9. The molecule has 2 aliphatic heterocycles.